The van der Waals surface area contributed by atoms with E-state index in [1.165, 1.54) is 16.8 Å². The highest BCUT2D eigenvalue weighted by atomic mass is 14.9. The number of nitrogens with two attached hydrogens (primary N) is 1. The van der Waals surface area contributed by atoms with Gasteiger partial charge in [-0.3, -0.25) is 0 Å². The molecule has 0 saturated heterocycles. The molecule has 0 fully saturated rings. The second-order valence-electron chi connectivity index (χ2n) is 5.94. The van der Waals surface area contributed by atoms with Crippen LogP contribution in [0.15, 0.2) is 18.2 Å². The lowest BCUT2D eigenvalue weighted by molar-refractivity contribution is 0.559. The Hall–Kier alpha value is -1.02. The molecule has 0 aliphatic carbocycles. The zero-order chi connectivity index (χ0) is 11.9. The van der Waals surface area contributed by atoms with Crippen molar-refractivity contribution in [1.82, 2.24) is 0 Å². The van der Waals surface area contributed by atoms with Crippen LogP contribution in [0, 0.1) is 0 Å². The summed E-state index contributed by atoms with van der Waals surface area (Å²) in [5.41, 5.74) is 10.2. The molecular weight excluding hydrogens is 196 g/mol. The monoisotopic (exact) mass is 218 g/mol. The molecule has 16 heavy (non-hydrogen) atoms. The molecule has 0 saturated carbocycles. The van der Waals surface area contributed by atoms with Crippen molar-refractivity contribution in [2.45, 2.75) is 51.6 Å². The number of rotatable bonds is 0. The van der Waals surface area contributed by atoms with Gasteiger partial charge in [0.05, 0.1) is 0 Å². The average Bonchev–Trinajstić information content (AvgIpc) is 2.15. The fraction of sp³-hybridized carbons (Fsp3) is 0.571. The maximum atomic E-state index is 6.21. The third kappa shape index (κ3) is 2.07. The molecule has 2 heteroatoms. The number of anilines is 1. The summed E-state index contributed by atoms with van der Waals surface area (Å²) in [6, 6.07) is 7.29. The summed E-state index contributed by atoms with van der Waals surface area (Å²) < 4.78 is 0. The Labute approximate surface area is 98.2 Å². The van der Waals surface area contributed by atoms with E-state index in [-0.39, 0.29) is 11.5 Å². The molecule has 88 valence electrons. The smallest absolute Gasteiger partial charge is 0.0390 e. The van der Waals surface area contributed by atoms with Crippen molar-refractivity contribution in [3.05, 3.63) is 29.3 Å². The second kappa shape index (κ2) is 3.77. The molecule has 0 aromatic heterocycles. The molecule has 3 N–H and O–H groups in total. The third-order valence-electron chi connectivity index (χ3n) is 3.33. The van der Waals surface area contributed by atoms with Gasteiger partial charge in [0.25, 0.3) is 0 Å². The number of fused-ring (bicyclic) bond motifs is 1. The first-order chi connectivity index (χ1) is 7.38. The Balaban J connectivity index is 2.42. The van der Waals surface area contributed by atoms with E-state index in [2.05, 4.69) is 51.2 Å². The van der Waals surface area contributed by atoms with E-state index in [4.69, 9.17) is 5.73 Å². The van der Waals surface area contributed by atoms with Crippen molar-refractivity contribution in [2.75, 3.05) is 5.32 Å². The van der Waals surface area contributed by atoms with Crippen LogP contribution in [0.5, 0.6) is 0 Å². The quantitative estimate of drug-likeness (QED) is 0.702. The van der Waals surface area contributed by atoms with E-state index in [1.807, 2.05) is 0 Å². The fourth-order valence-electron chi connectivity index (χ4n) is 2.30. The first-order valence-corrected chi connectivity index (χ1v) is 6.04. The number of hydrogen-bond acceptors (Lipinski definition) is 2. The Morgan fingerprint density at radius 2 is 2.00 bits per heavy atom. The van der Waals surface area contributed by atoms with Crippen molar-refractivity contribution in [1.29, 1.82) is 0 Å². The van der Waals surface area contributed by atoms with Crippen LogP contribution in [0.1, 0.15) is 51.3 Å². The molecule has 1 heterocycles. The summed E-state index contributed by atoms with van der Waals surface area (Å²) in [4.78, 5) is 0. The van der Waals surface area contributed by atoms with Crippen molar-refractivity contribution >= 4 is 5.69 Å². The van der Waals surface area contributed by atoms with Gasteiger partial charge in [0.2, 0.25) is 0 Å². The highest BCUT2D eigenvalue weighted by molar-refractivity contribution is 5.57. The van der Waals surface area contributed by atoms with Crippen LogP contribution in [0.2, 0.25) is 0 Å². The first kappa shape index (κ1) is 11.5. The molecule has 1 aliphatic rings. The van der Waals surface area contributed by atoms with E-state index < -0.39 is 0 Å². The van der Waals surface area contributed by atoms with Crippen molar-refractivity contribution in [3.8, 4) is 0 Å². The van der Waals surface area contributed by atoms with Crippen LogP contribution in [0.3, 0.4) is 0 Å². The molecule has 2 rings (SSSR count). The fourth-order valence-corrected chi connectivity index (χ4v) is 2.30. The van der Waals surface area contributed by atoms with Crippen LogP contribution in [0.25, 0.3) is 0 Å². The number of hydrogen-bond donors (Lipinski definition) is 2. The average molecular weight is 218 g/mol. The van der Waals surface area contributed by atoms with Crippen LogP contribution in [-0.2, 0) is 5.41 Å². The summed E-state index contributed by atoms with van der Waals surface area (Å²) in [5.74, 6) is 0. The van der Waals surface area contributed by atoms with Gasteiger partial charge >= 0.3 is 0 Å². The van der Waals surface area contributed by atoms with Gasteiger partial charge in [0.1, 0.15) is 0 Å². The lowest BCUT2D eigenvalue weighted by Crippen LogP contribution is -2.29. The zero-order valence-electron chi connectivity index (χ0n) is 10.7. The van der Waals surface area contributed by atoms with Crippen molar-refractivity contribution in [2.24, 2.45) is 5.73 Å². The topological polar surface area (TPSA) is 38.0 Å². The highest BCUT2D eigenvalue weighted by Crippen LogP contribution is 2.34. The number of nitrogens with one attached hydrogen (secondary N) is 1. The normalized spacial score (nSPS) is 24.8. The summed E-state index contributed by atoms with van der Waals surface area (Å²) in [6.45, 7) is 8.89. The van der Waals surface area contributed by atoms with Gasteiger partial charge in [-0.1, -0.05) is 32.9 Å². The minimum Gasteiger partial charge on any atom is -0.382 e. The summed E-state index contributed by atoms with van der Waals surface area (Å²) in [7, 11) is 0. The minimum absolute atomic E-state index is 0.175. The summed E-state index contributed by atoms with van der Waals surface area (Å²) in [6.07, 6.45) is 1.01. The second-order valence-corrected chi connectivity index (χ2v) is 5.94. The molecule has 0 bridgehead atoms. The Bertz CT molecular complexity index is 390. The molecule has 2 atom stereocenters. The molecule has 2 nitrogen and oxygen atoms in total. The third-order valence-corrected chi connectivity index (χ3v) is 3.33. The van der Waals surface area contributed by atoms with Gasteiger partial charge in [-0.2, -0.15) is 0 Å². The molecule has 1 aliphatic heterocycles. The van der Waals surface area contributed by atoms with Crippen LogP contribution >= 0.6 is 0 Å². The molecule has 0 spiro atoms. The first-order valence-electron chi connectivity index (χ1n) is 6.04. The largest absolute Gasteiger partial charge is 0.382 e. The lowest BCUT2D eigenvalue weighted by atomic mass is 9.83. The SMILES string of the molecule is CC1CC(N)c2cc(C(C)(C)C)ccc2N1. The van der Waals surface area contributed by atoms with Gasteiger partial charge in [0.15, 0.2) is 0 Å². The lowest BCUT2D eigenvalue weighted by Gasteiger charge is -2.31. The Morgan fingerprint density at radius 1 is 1.31 bits per heavy atom. The predicted octanol–water partition coefficient (Wildman–Crippen LogP) is 3.19. The van der Waals surface area contributed by atoms with Crippen LogP contribution < -0.4 is 11.1 Å². The van der Waals surface area contributed by atoms with Gasteiger partial charge in [-0.05, 0) is 36.0 Å². The minimum atomic E-state index is 0.175. The summed E-state index contributed by atoms with van der Waals surface area (Å²) in [5, 5.41) is 3.49. The standard InChI is InChI=1S/C14H22N2/c1-9-7-12(15)11-8-10(14(2,3)4)5-6-13(11)16-9/h5-6,8-9,12,16H,7,15H2,1-4H3. The van der Waals surface area contributed by atoms with Crippen LogP contribution in [-0.4, -0.2) is 6.04 Å². The van der Waals surface area contributed by atoms with E-state index in [1.54, 1.807) is 0 Å². The van der Waals surface area contributed by atoms with E-state index in [0.29, 0.717) is 6.04 Å². The van der Waals surface area contributed by atoms with E-state index in [9.17, 15) is 0 Å². The molecule has 2 unspecified atom stereocenters. The molecule has 1 aromatic rings. The number of benzene rings is 1. The zero-order valence-corrected chi connectivity index (χ0v) is 10.7. The van der Waals surface area contributed by atoms with Gasteiger partial charge in [0, 0.05) is 17.8 Å². The Morgan fingerprint density at radius 3 is 2.62 bits per heavy atom. The summed E-state index contributed by atoms with van der Waals surface area (Å²) >= 11 is 0. The maximum Gasteiger partial charge on any atom is 0.0390 e. The van der Waals surface area contributed by atoms with Gasteiger partial charge in [-0.25, -0.2) is 0 Å². The van der Waals surface area contributed by atoms with Crippen LogP contribution in [0.4, 0.5) is 5.69 Å². The van der Waals surface area contributed by atoms with Crippen molar-refractivity contribution in [3.63, 3.8) is 0 Å². The van der Waals surface area contributed by atoms with Gasteiger partial charge < -0.3 is 11.1 Å². The molecule has 0 radical (unpaired) electrons. The maximum absolute atomic E-state index is 6.21. The predicted molar refractivity (Wildman–Crippen MR) is 69.8 cm³/mol. The highest BCUT2D eigenvalue weighted by Gasteiger charge is 2.23. The van der Waals surface area contributed by atoms with Gasteiger partial charge in [-0.15, -0.1) is 0 Å². The van der Waals surface area contributed by atoms with E-state index in [0.717, 1.165) is 6.42 Å². The Kier molecular flexibility index (Phi) is 2.70. The van der Waals surface area contributed by atoms with E-state index >= 15 is 0 Å². The molecular formula is C14H22N2. The molecule has 1 aromatic carbocycles. The molecule has 0 amide bonds. The van der Waals surface area contributed by atoms with Crippen molar-refractivity contribution < 1.29 is 0 Å².